The minimum absolute atomic E-state index is 0.0248. The van der Waals surface area contributed by atoms with Crippen LogP contribution in [0.5, 0.6) is 0 Å². The summed E-state index contributed by atoms with van der Waals surface area (Å²) in [4.78, 5) is 22.0. The molecule has 2 aromatic carbocycles. The first-order chi connectivity index (χ1) is 10.1. The molecule has 0 N–H and O–H groups in total. The van der Waals surface area contributed by atoms with Crippen molar-refractivity contribution in [3.8, 4) is 0 Å². The molecule has 0 bridgehead atoms. The van der Waals surface area contributed by atoms with Crippen molar-refractivity contribution in [1.82, 2.24) is 0 Å². The van der Waals surface area contributed by atoms with E-state index in [9.17, 15) is 14.9 Å². The topological polar surface area (TPSA) is 60.2 Å². The second-order valence-electron chi connectivity index (χ2n) is 4.39. The molecule has 21 heavy (non-hydrogen) atoms. The summed E-state index contributed by atoms with van der Waals surface area (Å²) < 4.78 is 0. The Hall–Kier alpha value is -2.46. The first-order valence-electron chi connectivity index (χ1n) is 6.26. The minimum Gasteiger partial charge on any atom is -0.294 e. The molecule has 0 aromatic heterocycles. The average Bonchev–Trinajstić information content (AvgIpc) is 2.49. The number of nitro groups is 1. The SMILES string of the molecule is O=C(CC=Cc1ccc(Cl)cc1)c1ccc([N+](=O)[O-])cc1. The number of nitro benzene ring substituents is 1. The summed E-state index contributed by atoms with van der Waals surface area (Å²) in [6.45, 7) is 0. The van der Waals surface area contributed by atoms with Crippen LogP contribution in [0, 0.1) is 10.1 Å². The van der Waals surface area contributed by atoms with Gasteiger partial charge >= 0.3 is 0 Å². The van der Waals surface area contributed by atoms with E-state index in [-0.39, 0.29) is 17.9 Å². The number of benzene rings is 2. The molecule has 0 radical (unpaired) electrons. The normalized spacial score (nSPS) is 10.7. The Morgan fingerprint density at radius 3 is 2.29 bits per heavy atom. The lowest BCUT2D eigenvalue weighted by atomic mass is 10.1. The molecule has 106 valence electrons. The van der Waals surface area contributed by atoms with E-state index >= 15 is 0 Å². The quantitative estimate of drug-likeness (QED) is 0.463. The van der Waals surface area contributed by atoms with Gasteiger partial charge in [0.25, 0.3) is 5.69 Å². The number of allylic oxidation sites excluding steroid dienone is 1. The molecule has 5 heteroatoms. The maximum absolute atomic E-state index is 11.9. The van der Waals surface area contributed by atoms with Gasteiger partial charge in [-0.05, 0) is 29.8 Å². The fourth-order valence-electron chi connectivity index (χ4n) is 1.76. The van der Waals surface area contributed by atoms with Crippen LogP contribution >= 0.6 is 11.6 Å². The molecule has 2 aromatic rings. The molecule has 0 aliphatic carbocycles. The van der Waals surface area contributed by atoms with Crippen LogP contribution in [-0.2, 0) is 0 Å². The second kappa shape index (κ2) is 6.81. The van der Waals surface area contributed by atoms with E-state index in [0.29, 0.717) is 10.6 Å². The fraction of sp³-hybridized carbons (Fsp3) is 0.0625. The zero-order valence-corrected chi connectivity index (χ0v) is 11.8. The van der Waals surface area contributed by atoms with Crippen molar-refractivity contribution >= 4 is 29.1 Å². The molecule has 0 fully saturated rings. The molecule has 0 saturated carbocycles. The standard InChI is InChI=1S/C16H12ClNO3/c17-14-8-4-12(5-9-14)2-1-3-16(19)13-6-10-15(11-7-13)18(20)21/h1-2,4-11H,3H2. The molecule has 0 amide bonds. The smallest absolute Gasteiger partial charge is 0.269 e. The third-order valence-corrected chi connectivity index (χ3v) is 3.14. The van der Waals surface area contributed by atoms with Crippen molar-refractivity contribution in [3.05, 3.63) is 80.9 Å². The van der Waals surface area contributed by atoms with Gasteiger partial charge < -0.3 is 0 Å². The summed E-state index contributed by atoms with van der Waals surface area (Å²) in [6, 6.07) is 12.9. The number of halogens is 1. The predicted molar refractivity (Wildman–Crippen MR) is 82.5 cm³/mol. The highest BCUT2D eigenvalue weighted by molar-refractivity contribution is 6.30. The van der Waals surface area contributed by atoms with Crippen LogP contribution in [0.4, 0.5) is 5.69 Å². The van der Waals surface area contributed by atoms with Crippen LogP contribution in [0.15, 0.2) is 54.6 Å². The lowest BCUT2D eigenvalue weighted by Crippen LogP contribution is -1.97. The molecule has 0 saturated heterocycles. The number of non-ortho nitro benzene ring substituents is 1. The molecule has 0 atom stereocenters. The lowest BCUT2D eigenvalue weighted by Gasteiger charge is -1.98. The van der Waals surface area contributed by atoms with E-state index in [1.54, 1.807) is 18.2 Å². The van der Waals surface area contributed by atoms with E-state index in [4.69, 9.17) is 11.6 Å². The zero-order chi connectivity index (χ0) is 15.2. The number of ketones is 1. The van der Waals surface area contributed by atoms with Crippen molar-refractivity contribution in [3.63, 3.8) is 0 Å². The molecular weight excluding hydrogens is 290 g/mol. The molecule has 0 aliphatic heterocycles. The average molecular weight is 302 g/mol. The second-order valence-corrected chi connectivity index (χ2v) is 4.82. The molecule has 4 nitrogen and oxygen atoms in total. The van der Waals surface area contributed by atoms with E-state index in [0.717, 1.165) is 5.56 Å². The van der Waals surface area contributed by atoms with Crippen LogP contribution in [0.1, 0.15) is 22.3 Å². The van der Waals surface area contributed by atoms with Crippen LogP contribution in [-0.4, -0.2) is 10.7 Å². The summed E-state index contributed by atoms with van der Waals surface area (Å²) in [7, 11) is 0. The van der Waals surface area contributed by atoms with Gasteiger partial charge in [-0.3, -0.25) is 14.9 Å². The van der Waals surface area contributed by atoms with Crippen molar-refractivity contribution in [2.75, 3.05) is 0 Å². The van der Waals surface area contributed by atoms with Gasteiger partial charge in [0.05, 0.1) is 4.92 Å². The number of Topliss-reactive ketones (excluding diaryl/α,β-unsaturated/α-hetero) is 1. The van der Waals surface area contributed by atoms with E-state index in [2.05, 4.69) is 0 Å². The third kappa shape index (κ3) is 4.26. The van der Waals surface area contributed by atoms with Crippen LogP contribution in [0.3, 0.4) is 0 Å². The lowest BCUT2D eigenvalue weighted by molar-refractivity contribution is -0.384. The third-order valence-electron chi connectivity index (χ3n) is 2.88. The van der Waals surface area contributed by atoms with Gasteiger partial charge in [-0.25, -0.2) is 0 Å². The van der Waals surface area contributed by atoms with E-state index in [1.165, 1.54) is 24.3 Å². The van der Waals surface area contributed by atoms with Gasteiger partial charge in [-0.15, -0.1) is 0 Å². The number of hydrogen-bond donors (Lipinski definition) is 0. The summed E-state index contributed by atoms with van der Waals surface area (Å²) in [5, 5.41) is 11.2. The largest absolute Gasteiger partial charge is 0.294 e. The Bertz CT molecular complexity index is 676. The zero-order valence-electron chi connectivity index (χ0n) is 11.0. The Kier molecular flexibility index (Phi) is 4.85. The first-order valence-corrected chi connectivity index (χ1v) is 6.64. The van der Waals surface area contributed by atoms with Crippen molar-refractivity contribution in [2.45, 2.75) is 6.42 Å². The number of nitrogens with zero attached hydrogens (tertiary/aromatic N) is 1. The van der Waals surface area contributed by atoms with Gasteiger partial charge in [-0.1, -0.05) is 35.9 Å². The monoisotopic (exact) mass is 301 g/mol. The van der Waals surface area contributed by atoms with E-state index in [1.807, 2.05) is 18.2 Å². The van der Waals surface area contributed by atoms with E-state index < -0.39 is 4.92 Å². The summed E-state index contributed by atoms with van der Waals surface area (Å²) >= 11 is 5.79. The maximum Gasteiger partial charge on any atom is 0.269 e. The summed E-state index contributed by atoms with van der Waals surface area (Å²) in [5.74, 6) is -0.0879. The molecular formula is C16H12ClNO3. The molecule has 2 rings (SSSR count). The highest BCUT2D eigenvalue weighted by atomic mass is 35.5. The van der Waals surface area contributed by atoms with Gasteiger partial charge in [0.1, 0.15) is 0 Å². The molecule has 0 unspecified atom stereocenters. The number of carbonyl (C=O) groups is 1. The Balaban J connectivity index is 1.98. The van der Waals surface area contributed by atoms with Crippen LogP contribution in [0.25, 0.3) is 6.08 Å². The van der Waals surface area contributed by atoms with Gasteiger partial charge in [0.15, 0.2) is 5.78 Å². The Labute approximate surface area is 126 Å². The van der Waals surface area contributed by atoms with Crippen LogP contribution < -0.4 is 0 Å². The first kappa shape index (κ1) is 14.9. The number of rotatable bonds is 5. The number of carbonyl (C=O) groups excluding carboxylic acids is 1. The molecule has 0 spiro atoms. The van der Waals surface area contributed by atoms with Gasteiger partial charge in [-0.2, -0.15) is 0 Å². The van der Waals surface area contributed by atoms with Gasteiger partial charge in [0, 0.05) is 29.1 Å². The highest BCUT2D eigenvalue weighted by Crippen LogP contribution is 2.14. The van der Waals surface area contributed by atoms with Crippen molar-refractivity contribution in [1.29, 1.82) is 0 Å². The highest BCUT2D eigenvalue weighted by Gasteiger charge is 2.08. The molecule has 0 heterocycles. The number of hydrogen-bond acceptors (Lipinski definition) is 3. The summed E-state index contributed by atoms with van der Waals surface area (Å²) in [5.41, 5.74) is 1.39. The predicted octanol–water partition coefficient (Wildman–Crippen LogP) is 4.53. The Morgan fingerprint density at radius 1 is 1.10 bits per heavy atom. The Morgan fingerprint density at radius 2 is 1.71 bits per heavy atom. The maximum atomic E-state index is 11.9. The minimum atomic E-state index is -0.491. The van der Waals surface area contributed by atoms with Crippen molar-refractivity contribution in [2.24, 2.45) is 0 Å². The van der Waals surface area contributed by atoms with Gasteiger partial charge in [0.2, 0.25) is 0 Å². The summed E-state index contributed by atoms with van der Waals surface area (Å²) in [6.07, 6.45) is 3.83. The van der Waals surface area contributed by atoms with Crippen molar-refractivity contribution < 1.29 is 9.72 Å². The molecule has 0 aliphatic rings. The fourth-order valence-corrected chi connectivity index (χ4v) is 1.89. The van der Waals surface area contributed by atoms with Crippen LogP contribution in [0.2, 0.25) is 5.02 Å².